The fourth-order valence-corrected chi connectivity index (χ4v) is 4.42. The SMILES string of the molecule is CC(C)C[C@H](NC(=O)OCc1ccccc1)C(=O)N[C@@H](Cc1ccccc1)C(=O)C(=O)N[C@@H](Cc1ccccc1)C(=N)N. The maximum atomic E-state index is 13.5. The van der Waals surface area contributed by atoms with Crippen LogP contribution in [0.15, 0.2) is 91.0 Å². The highest BCUT2D eigenvalue weighted by Gasteiger charge is 2.32. The molecule has 43 heavy (non-hydrogen) atoms. The van der Waals surface area contributed by atoms with Crippen molar-refractivity contribution in [1.82, 2.24) is 16.0 Å². The molecule has 0 aromatic heterocycles. The Morgan fingerprint density at radius 1 is 0.698 bits per heavy atom. The number of hydrogen-bond donors (Lipinski definition) is 5. The number of amides is 3. The molecule has 0 aliphatic carbocycles. The van der Waals surface area contributed by atoms with Crippen LogP contribution in [0.3, 0.4) is 0 Å². The van der Waals surface area contributed by atoms with Crippen LogP contribution in [0, 0.1) is 11.3 Å². The summed E-state index contributed by atoms with van der Waals surface area (Å²) in [5.74, 6) is -2.78. The summed E-state index contributed by atoms with van der Waals surface area (Å²) >= 11 is 0. The molecule has 0 aliphatic heterocycles. The van der Waals surface area contributed by atoms with Gasteiger partial charge in [0.05, 0.1) is 6.04 Å². The van der Waals surface area contributed by atoms with Crippen molar-refractivity contribution in [2.45, 2.75) is 57.8 Å². The van der Waals surface area contributed by atoms with E-state index in [1.165, 1.54) is 0 Å². The summed E-state index contributed by atoms with van der Waals surface area (Å²) in [5, 5.41) is 15.8. The van der Waals surface area contributed by atoms with Gasteiger partial charge in [-0.25, -0.2) is 4.79 Å². The number of ether oxygens (including phenoxy) is 1. The maximum Gasteiger partial charge on any atom is 0.408 e. The van der Waals surface area contributed by atoms with Crippen LogP contribution >= 0.6 is 0 Å². The largest absolute Gasteiger partial charge is 0.445 e. The number of nitrogens with one attached hydrogen (secondary N) is 4. The van der Waals surface area contributed by atoms with Crippen molar-refractivity contribution in [3.8, 4) is 0 Å². The van der Waals surface area contributed by atoms with E-state index < -0.39 is 41.8 Å². The zero-order valence-corrected chi connectivity index (χ0v) is 24.4. The molecule has 0 saturated carbocycles. The molecule has 3 amide bonds. The zero-order chi connectivity index (χ0) is 31.2. The van der Waals surface area contributed by atoms with E-state index in [9.17, 15) is 19.2 Å². The lowest BCUT2D eigenvalue weighted by Crippen LogP contribution is -2.56. The minimum atomic E-state index is -1.24. The zero-order valence-electron chi connectivity index (χ0n) is 24.4. The average molecular weight is 586 g/mol. The second-order valence-electron chi connectivity index (χ2n) is 10.7. The molecule has 0 fully saturated rings. The monoisotopic (exact) mass is 585 g/mol. The number of benzene rings is 3. The lowest BCUT2D eigenvalue weighted by Gasteiger charge is -2.24. The molecule has 3 aromatic carbocycles. The molecule has 0 aliphatic rings. The van der Waals surface area contributed by atoms with Gasteiger partial charge in [-0.2, -0.15) is 0 Å². The first-order valence-electron chi connectivity index (χ1n) is 14.2. The highest BCUT2D eigenvalue weighted by Crippen LogP contribution is 2.10. The first-order chi connectivity index (χ1) is 20.6. The lowest BCUT2D eigenvalue weighted by molar-refractivity contribution is -0.140. The second kappa shape index (κ2) is 16.5. The standard InChI is InChI=1S/C33H39N5O5/c1-22(2)18-28(38-33(42)43-21-25-16-10-5-11-17-25)31(40)36-26(19-23-12-6-3-7-13-23)29(39)32(41)37-27(30(34)35)20-24-14-8-4-9-15-24/h3-17,22,26-28H,18-21H2,1-2H3,(H3,34,35)(H,36,40)(H,37,41)(H,38,42)/t26-,27-,28-/m0/s1. The molecular weight excluding hydrogens is 546 g/mol. The quantitative estimate of drug-likeness (QED) is 0.104. The van der Waals surface area contributed by atoms with Gasteiger partial charge < -0.3 is 26.4 Å². The third-order valence-corrected chi connectivity index (χ3v) is 6.63. The fraction of sp³-hybridized carbons (Fsp3) is 0.303. The van der Waals surface area contributed by atoms with Gasteiger partial charge in [0.2, 0.25) is 11.7 Å². The van der Waals surface area contributed by atoms with E-state index in [1.807, 2.05) is 80.6 Å². The number of hydrogen-bond acceptors (Lipinski definition) is 6. The molecular formula is C33H39N5O5. The Bertz CT molecular complexity index is 1370. The van der Waals surface area contributed by atoms with Gasteiger partial charge in [0, 0.05) is 6.42 Å². The number of amidine groups is 1. The summed E-state index contributed by atoms with van der Waals surface area (Å²) < 4.78 is 5.30. The van der Waals surface area contributed by atoms with E-state index in [4.69, 9.17) is 15.9 Å². The first kappa shape index (κ1) is 32.5. The summed E-state index contributed by atoms with van der Waals surface area (Å²) in [5.41, 5.74) is 8.08. The summed E-state index contributed by atoms with van der Waals surface area (Å²) in [6, 6.07) is 24.1. The Morgan fingerprint density at radius 2 is 1.19 bits per heavy atom. The van der Waals surface area contributed by atoms with E-state index in [2.05, 4.69) is 16.0 Å². The van der Waals surface area contributed by atoms with Crippen LogP contribution < -0.4 is 21.7 Å². The fourth-order valence-electron chi connectivity index (χ4n) is 4.42. The molecule has 3 aromatic rings. The minimum Gasteiger partial charge on any atom is -0.445 e. The van der Waals surface area contributed by atoms with Crippen molar-refractivity contribution in [3.05, 3.63) is 108 Å². The topological polar surface area (TPSA) is 163 Å². The molecule has 10 heteroatoms. The third kappa shape index (κ3) is 11.1. The minimum absolute atomic E-state index is 0.0195. The lowest BCUT2D eigenvalue weighted by atomic mass is 9.98. The van der Waals surface area contributed by atoms with Crippen LogP contribution in [0.5, 0.6) is 0 Å². The van der Waals surface area contributed by atoms with Crippen LogP contribution in [-0.4, -0.2) is 47.7 Å². The second-order valence-corrected chi connectivity index (χ2v) is 10.7. The summed E-state index contributed by atoms with van der Waals surface area (Å²) in [6.07, 6.45) is -0.252. The van der Waals surface area contributed by atoms with Crippen LogP contribution in [-0.2, 0) is 38.6 Å². The summed E-state index contributed by atoms with van der Waals surface area (Å²) in [6.45, 7) is 3.82. The molecule has 0 radical (unpaired) electrons. The van der Waals surface area contributed by atoms with Gasteiger partial charge in [-0.1, -0.05) is 105 Å². The van der Waals surface area contributed by atoms with Gasteiger partial charge in [0.15, 0.2) is 0 Å². The highest BCUT2D eigenvalue weighted by molar-refractivity contribution is 6.38. The molecule has 0 saturated heterocycles. The maximum absolute atomic E-state index is 13.5. The van der Waals surface area contributed by atoms with Crippen molar-refractivity contribution in [1.29, 1.82) is 5.41 Å². The number of Topliss-reactive ketones (excluding diaryl/α,β-unsaturated/α-hetero) is 1. The molecule has 6 N–H and O–H groups in total. The van der Waals surface area contributed by atoms with Crippen molar-refractivity contribution in [2.24, 2.45) is 11.7 Å². The number of carbonyl (C=O) groups is 4. The van der Waals surface area contributed by atoms with E-state index >= 15 is 0 Å². The van der Waals surface area contributed by atoms with Crippen molar-refractivity contribution >= 4 is 29.5 Å². The van der Waals surface area contributed by atoms with Gasteiger partial charge >= 0.3 is 6.09 Å². The van der Waals surface area contributed by atoms with Crippen LogP contribution in [0.4, 0.5) is 4.79 Å². The van der Waals surface area contributed by atoms with Crippen molar-refractivity contribution in [3.63, 3.8) is 0 Å². The van der Waals surface area contributed by atoms with E-state index in [1.54, 1.807) is 24.3 Å². The molecule has 3 atom stereocenters. The Kier molecular flexibility index (Phi) is 12.4. The molecule has 226 valence electrons. The molecule has 0 heterocycles. The third-order valence-electron chi connectivity index (χ3n) is 6.63. The molecule has 0 unspecified atom stereocenters. The number of nitrogens with two attached hydrogens (primary N) is 1. The molecule has 0 spiro atoms. The number of carbonyl (C=O) groups excluding carboxylic acids is 4. The van der Waals surface area contributed by atoms with Gasteiger partial charge in [0.1, 0.15) is 24.5 Å². The summed E-state index contributed by atoms with van der Waals surface area (Å²) in [4.78, 5) is 52.7. The normalized spacial score (nSPS) is 12.8. The molecule has 3 rings (SSSR count). The molecule has 10 nitrogen and oxygen atoms in total. The summed E-state index contributed by atoms with van der Waals surface area (Å²) in [7, 11) is 0. The number of ketones is 1. The van der Waals surface area contributed by atoms with E-state index in [0.29, 0.717) is 0 Å². The predicted octanol–water partition coefficient (Wildman–Crippen LogP) is 3.29. The van der Waals surface area contributed by atoms with Crippen LogP contribution in [0.1, 0.15) is 37.0 Å². The predicted molar refractivity (Wildman–Crippen MR) is 164 cm³/mol. The highest BCUT2D eigenvalue weighted by atomic mass is 16.5. The first-order valence-corrected chi connectivity index (χ1v) is 14.2. The number of alkyl carbamates (subject to hydrolysis) is 1. The Morgan fingerprint density at radius 3 is 1.67 bits per heavy atom. The van der Waals surface area contributed by atoms with Crippen molar-refractivity contribution < 1.29 is 23.9 Å². The smallest absolute Gasteiger partial charge is 0.408 e. The van der Waals surface area contributed by atoms with Crippen LogP contribution in [0.2, 0.25) is 0 Å². The Labute approximate surface area is 251 Å². The van der Waals surface area contributed by atoms with E-state index in [0.717, 1.165) is 16.7 Å². The average Bonchev–Trinajstić information content (AvgIpc) is 3.00. The van der Waals surface area contributed by atoms with Gasteiger partial charge in [-0.3, -0.25) is 19.8 Å². The molecule has 0 bridgehead atoms. The van der Waals surface area contributed by atoms with Crippen molar-refractivity contribution in [2.75, 3.05) is 0 Å². The van der Waals surface area contributed by atoms with Gasteiger partial charge in [0.25, 0.3) is 5.91 Å². The van der Waals surface area contributed by atoms with E-state index in [-0.39, 0.29) is 37.6 Å². The Balaban J connectivity index is 1.74. The Hall–Kier alpha value is -4.99. The van der Waals surface area contributed by atoms with Gasteiger partial charge in [-0.15, -0.1) is 0 Å². The van der Waals surface area contributed by atoms with Gasteiger partial charge in [-0.05, 0) is 35.4 Å². The number of rotatable bonds is 15. The van der Waals surface area contributed by atoms with Crippen LogP contribution in [0.25, 0.3) is 0 Å².